The van der Waals surface area contributed by atoms with Gasteiger partial charge < -0.3 is 14.8 Å². The van der Waals surface area contributed by atoms with Gasteiger partial charge in [0.05, 0.1) is 10.0 Å². The lowest BCUT2D eigenvalue weighted by Crippen LogP contribution is -2.49. The second-order valence-electron chi connectivity index (χ2n) is 4.82. The molecule has 0 spiro atoms. The van der Waals surface area contributed by atoms with E-state index in [0.29, 0.717) is 41.9 Å². The van der Waals surface area contributed by atoms with E-state index in [-0.39, 0.29) is 5.91 Å². The first kappa shape index (κ1) is 14.2. The van der Waals surface area contributed by atoms with Crippen molar-refractivity contribution in [1.82, 2.24) is 14.9 Å². The Morgan fingerprint density at radius 3 is 2.62 bits per heavy atom. The van der Waals surface area contributed by atoms with Crippen molar-refractivity contribution in [2.75, 3.05) is 31.1 Å². The molecule has 3 heterocycles. The number of aromatic nitrogens is 2. The van der Waals surface area contributed by atoms with E-state index in [2.05, 4.69) is 14.9 Å². The maximum absolute atomic E-state index is 12.3. The molecule has 7 heteroatoms. The number of hydrogen-bond acceptors (Lipinski definition) is 3. The minimum atomic E-state index is -0.0336. The van der Waals surface area contributed by atoms with Crippen molar-refractivity contribution in [3.05, 3.63) is 46.3 Å². The predicted octanol–water partition coefficient (Wildman–Crippen LogP) is 2.68. The minimum absolute atomic E-state index is 0.0336. The first-order chi connectivity index (χ1) is 10.1. The van der Waals surface area contributed by atoms with Crippen LogP contribution in [0.2, 0.25) is 10.0 Å². The van der Waals surface area contributed by atoms with Crippen molar-refractivity contribution < 1.29 is 4.79 Å². The number of amides is 1. The van der Waals surface area contributed by atoms with Gasteiger partial charge in [-0.3, -0.25) is 4.79 Å². The zero-order valence-electron chi connectivity index (χ0n) is 11.2. The number of rotatable bonds is 2. The Morgan fingerprint density at radius 2 is 2.00 bits per heavy atom. The maximum Gasteiger partial charge on any atom is 0.270 e. The number of nitrogens with one attached hydrogen (secondary N) is 1. The van der Waals surface area contributed by atoms with Gasteiger partial charge in [0.25, 0.3) is 5.91 Å². The zero-order chi connectivity index (χ0) is 14.8. The summed E-state index contributed by atoms with van der Waals surface area (Å²) in [6, 6.07) is 5.27. The molecule has 2 aromatic rings. The summed E-state index contributed by atoms with van der Waals surface area (Å²) in [5.74, 6) is 0.739. The van der Waals surface area contributed by atoms with E-state index >= 15 is 0 Å². The van der Waals surface area contributed by atoms with Crippen molar-refractivity contribution in [1.29, 1.82) is 0 Å². The predicted molar refractivity (Wildman–Crippen MR) is 83.2 cm³/mol. The highest BCUT2D eigenvalue weighted by atomic mass is 35.5. The van der Waals surface area contributed by atoms with Crippen LogP contribution in [-0.4, -0.2) is 47.0 Å². The number of piperazine rings is 1. The van der Waals surface area contributed by atoms with Crippen LogP contribution in [0.4, 0.5) is 5.82 Å². The van der Waals surface area contributed by atoms with Gasteiger partial charge in [0.2, 0.25) is 0 Å². The Kier molecular flexibility index (Phi) is 4.03. The van der Waals surface area contributed by atoms with Gasteiger partial charge in [-0.1, -0.05) is 23.2 Å². The number of carbonyl (C=O) groups excluding carboxylic acids is 1. The van der Waals surface area contributed by atoms with Crippen molar-refractivity contribution in [2.45, 2.75) is 0 Å². The molecule has 5 nitrogen and oxygen atoms in total. The molecule has 0 aromatic carbocycles. The van der Waals surface area contributed by atoms with Crippen LogP contribution in [0, 0.1) is 0 Å². The Hall–Kier alpha value is -1.72. The van der Waals surface area contributed by atoms with Crippen LogP contribution in [0.5, 0.6) is 0 Å². The van der Waals surface area contributed by atoms with Crippen molar-refractivity contribution in [2.24, 2.45) is 0 Å². The van der Waals surface area contributed by atoms with Crippen molar-refractivity contribution in [3.8, 4) is 0 Å². The average molecular weight is 325 g/mol. The molecule has 1 fully saturated rings. The third-order valence-corrected chi connectivity index (χ3v) is 4.00. The Labute approximate surface area is 132 Å². The molecule has 0 radical (unpaired) electrons. The Bertz CT molecular complexity index is 650. The van der Waals surface area contributed by atoms with Gasteiger partial charge in [-0.15, -0.1) is 0 Å². The first-order valence-corrected chi connectivity index (χ1v) is 7.39. The van der Waals surface area contributed by atoms with E-state index < -0.39 is 0 Å². The summed E-state index contributed by atoms with van der Waals surface area (Å²) in [5.41, 5.74) is 0.518. The van der Waals surface area contributed by atoms with Gasteiger partial charge >= 0.3 is 0 Å². The molecule has 0 aliphatic carbocycles. The summed E-state index contributed by atoms with van der Waals surface area (Å²) in [4.78, 5) is 23.4. The molecule has 21 heavy (non-hydrogen) atoms. The van der Waals surface area contributed by atoms with Gasteiger partial charge in [0.15, 0.2) is 0 Å². The second kappa shape index (κ2) is 5.95. The molecule has 1 saturated heterocycles. The monoisotopic (exact) mass is 324 g/mol. The molecule has 1 amide bonds. The fourth-order valence-electron chi connectivity index (χ4n) is 2.39. The van der Waals surface area contributed by atoms with Crippen LogP contribution in [0.1, 0.15) is 10.5 Å². The number of pyridine rings is 1. The van der Waals surface area contributed by atoms with Crippen molar-refractivity contribution in [3.63, 3.8) is 0 Å². The summed E-state index contributed by atoms with van der Waals surface area (Å²) >= 11 is 12.0. The Balaban J connectivity index is 1.65. The van der Waals surface area contributed by atoms with Crippen LogP contribution in [-0.2, 0) is 0 Å². The van der Waals surface area contributed by atoms with Gasteiger partial charge in [-0.25, -0.2) is 4.98 Å². The van der Waals surface area contributed by atoms with E-state index in [4.69, 9.17) is 23.2 Å². The van der Waals surface area contributed by atoms with Gasteiger partial charge in [-0.05, 0) is 18.2 Å². The largest absolute Gasteiger partial charge is 0.356 e. The second-order valence-corrected chi connectivity index (χ2v) is 5.66. The number of aromatic amines is 1. The molecule has 1 aliphatic rings. The van der Waals surface area contributed by atoms with E-state index in [1.54, 1.807) is 29.4 Å². The van der Waals surface area contributed by atoms with Crippen LogP contribution < -0.4 is 4.90 Å². The molecule has 0 unspecified atom stereocenters. The van der Waals surface area contributed by atoms with Gasteiger partial charge in [0.1, 0.15) is 11.5 Å². The fourth-order valence-corrected chi connectivity index (χ4v) is 2.80. The summed E-state index contributed by atoms with van der Waals surface area (Å²) in [6.45, 7) is 2.67. The number of nitrogens with zero attached hydrogens (tertiary/aromatic N) is 3. The highest BCUT2D eigenvalue weighted by Gasteiger charge is 2.24. The smallest absolute Gasteiger partial charge is 0.270 e. The average Bonchev–Trinajstić information content (AvgIpc) is 2.94. The highest BCUT2D eigenvalue weighted by Crippen LogP contribution is 2.23. The molecule has 110 valence electrons. The van der Waals surface area contributed by atoms with Crippen LogP contribution >= 0.6 is 23.2 Å². The molecule has 3 rings (SSSR count). The van der Waals surface area contributed by atoms with Crippen LogP contribution in [0.25, 0.3) is 0 Å². The number of halogens is 2. The molecule has 0 atom stereocenters. The molecular weight excluding hydrogens is 311 g/mol. The quantitative estimate of drug-likeness (QED) is 0.924. The fraction of sp³-hybridized carbons (Fsp3) is 0.286. The van der Waals surface area contributed by atoms with E-state index in [1.165, 1.54) is 0 Å². The number of carbonyl (C=O) groups is 1. The first-order valence-electron chi connectivity index (χ1n) is 6.64. The summed E-state index contributed by atoms with van der Waals surface area (Å²) < 4.78 is 0. The lowest BCUT2D eigenvalue weighted by atomic mass is 10.2. The lowest BCUT2D eigenvalue weighted by molar-refractivity contribution is 0.0741. The molecule has 1 aliphatic heterocycles. The van der Waals surface area contributed by atoms with Gasteiger partial charge in [-0.2, -0.15) is 0 Å². The number of hydrogen-bond donors (Lipinski definition) is 1. The standard InChI is InChI=1S/C14H14Cl2N4O/c15-10-8-12(18-9-10)14(21)20-6-4-19(5-7-20)13-11(16)2-1-3-17-13/h1-3,8-9,18H,4-7H2. The van der Waals surface area contributed by atoms with Crippen LogP contribution in [0.15, 0.2) is 30.6 Å². The maximum atomic E-state index is 12.3. The number of anilines is 1. The SMILES string of the molecule is O=C(c1cc(Cl)c[nH]1)N1CCN(c2ncccc2Cl)CC1. The Morgan fingerprint density at radius 1 is 1.24 bits per heavy atom. The van der Waals surface area contributed by atoms with E-state index in [9.17, 15) is 4.79 Å². The molecule has 0 bridgehead atoms. The topological polar surface area (TPSA) is 52.2 Å². The summed E-state index contributed by atoms with van der Waals surface area (Å²) in [6.07, 6.45) is 3.33. The van der Waals surface area contributed by atoms with E-state index in [0.717, 1.165) is 5.82 Å². The minimum Gasteiger partial charge on any atom is -0.356 e. The highest BCUT2D eigenvalue weighted by molar-refractivity contribution is 6.33. The summed E-state index contributed by atoms with van der Waals surface area (Å²) in [5, 5.41) is 1.17. The third kappa shape index (κ3) is 2.99. The molecular formula is C14H14Cl2N4O. The van der Waals surface area contributed by atoms with Crippen molar-refractivity contribution >= 4 is 34.9 Å². The molecule has 2 aromatic heterocycles. The molecule has 1 N–H and O–H groups in total. The lowest BCUT2D eigenvalue weighted by Gasteiger charge is -2.35. The molecule has 0 saturated carbocycles. The van der Waals surface area contributed by atoms with Crippen LogP contribution in [0.3, 0.4) is 0 Å². The zero-order valence-corrected chi connectivity index (χ0v) is 12.7. The normalized spacial score (nSPS) is 15.3. The van der Waals surface area contributed by atoms with Gasteiger partial charge in [0, 0.05) is 38.6 Å². The summed E-state index contributed by atoms with van der Waals surface area (Å²) in [7, 11) is 0. The number of H-pyrrole nitrogens is 1. The third-order valence-electron chi connectivity index (χ3n) is 3.48. The van der Waals surface area contributed by atoms with E-state index in [1.807, 2.05) is 6.07 Å².